The maximum Gasteiger partial charge on any atom is 0.280 e. The quantitative estimate of drug-likeness (QED) is 0.817. The van der Waals surface area contributed by atoms with Crippen LogP contribution < -0.4 is 4.72 Å². The molecule has 2 atom stereocenters. The highest BCUT2D eigenvalue weighted by molar-refractivity contribution is 7.87. The number of H-pyrrole nitrogens is 1. The van der Waals surface area contributed by atoms with Gasteiger partial charge < -0.3 is 4.74 Å². The maximum absolute atomic E-state index is 12.5. The highest BCUT2D eigenvalue weighted by atomic mass is 32.2. The molecule has 0 aliphatic carbocycles. The zero-order valence-corrected chi connectivity index (χ0v) is 13.6. The number of aromatic nitrogens is 3. The molecule has 1 aliphatic rings. The lowest BCUT2D eigenvalue weighted by Gasteiger charge is -2.32. The van der Waals surface area contributed by atoms with Crippen LogP contribution in [0.15, 0.2) is 0 Å². The number of morpholine rings is 1. The Morgan fingerprint density at radius 2 is 2.19 bits per heavy atom. The van der Waals surface area contributed by atoms with Gasteiger partial charge in [-0.25, -0.2) is 4.98 Å². The average molecular weight is 317 g/mol. The Kier molecular flexibility index (Phi) is 4.97. The first-order valence-electron chi connectivity index (χ1n) is 7.07. The number of rotatable bonds is 5. The van der Waals surface area contributed by atoms with Gasteiger partial charge in [0.25, 0.3) is 10.2 Å². The van der Waals surface area contributed by atoms with E-state index in [2.05, 4.69) is 19.9 Å². The van der Waals surface area contributed by atoms with Gasteiger partial charge in [0.1, 0.15) is 5.82 Å². The molecule has 0 bridgehead atoms. The van der Waals surface area contributed by atoms with Crippen molar-refractivity contribution in [2.24, 2.45) is 5.92 Å². The number of hydrogen-bond donors (Lipinski definition) is 2. The van der Waals surface area contributed by atoms with Gasteiger partial charge in [0.2, 0.25) is 0 Å². The second-order valence-electron chi connectivity index (χ2n) is 5.66. The summed E-state index contributed by atoms with van der Waals surface area (Å²) in [5, 5.41) is 6.82. The molecule has 9 heteroatoms. The van der Waals surface area contributed by atoms with Crippen LogP contribution in [-0.4, -0.2) is 53.7 Å². The number of nitrogens with zero attached hydrogens (tertiary/aromatic N) is 3. The third-order valence-electron chi connectivity index (χ3n) is 3.38. The molecular weight excluding hydrogens is 294 g/mol. The minimum absolute atomic E-state index is 0.0356. The molecular formula is C12H23N5O3S. The van der Waals surface area contributed by atoms with Gasteiger partial charge in [-0.3, -0.25) is 5.10 Å². The maximum atomic E-state index is 12.5. The molecule has 0 radical (unpaired) electrons. The van der Waals surface area contributed by atoms with Gasteiger partial charge in [-0.05, 0) is 19.8 Å². The van der Waals surface area contributed by atoms with E-state index < -0.39 is 16.3 Å². The summed E-state index contributed by atoms with van der Waals surface area (Å²) in [6.45, 7) is 8.63. The van der Waals surface area contributed by atoms with Crippen molar-refractivity contribution in [3.8, 4) is 0 Å². The van der Waals surface area contributed by atoms with E-state index in [1.807, 2.05) is 20.8 Å². The zero-order valence-electron chi connectivity index (χ0n) is 12.8. The fourth-order valence-electron chi connectivity index (χ4n) is 2.23. The van der Waals surface area contributed by atoms with Crippen molar-refractivity contribution in [3.05, 3.63) is 11.6 Å². The van der Waals surface area contributed by atoms with Gasteiger partial charge in [-0.2, -0.15) is 22.5 Å². The molecule has 0 saturated carbocycles. The summed E-state index contributed by atoms with van der Waals surface area (Å²) in [5.41, 5.74) is 0. The van der Waals surface area contributed by atoms with E-state index in [1.54, 1.807) is 6.92 Å². The van der Waals surface area contributed by atoms with Crippen molar-refractivity contribution in [1.29, 1.82) is 0 Å². The number of aromatic amines is 1. The molecule has 1 aromatic rings. The molecule has 2 N–H and O–H groups in total. The lowest BCUT2D eigenvalue weighted by atomic mass is 10.1. The number of nitrogens with one attached hydrogen (secondary N) is 2. The van der Waals surface area contributed by atoms with Crippen LogP contribution in [0, 0.1) is 12.8 Å². The van der Waals surface area contributed by atoms with Crippen LogP contribution in [0.4, 0.5) is 0 Å². The molecule has 120 valence electrons. The van der Waals surface area contributed by atoms with Crippen molar-refractivity contribution in [2.75, 3.05) is 19.7 Å². The SMILES string of the molecule is Cc1nc([C@H](NS(=O)(=O)N2CCO[C@@H](C)C2)C(C)C)n[nH]1. The third-order valence-corrected chi connectivity index (χ3v) is 4.94. The van der Waals surface area contributed by atoms with Crippen molar-refractivity contribution >= 4 is 10.2 Å². The number of ether oxygens (including phenoxy) is 1. The molecule has 1 aliphatic heterocycles. The minimum Gasteiger partial charge on any atom is -0.376 e. The van der Waals surface area contributed by atoms with E-state index in [1.165, 1.54) is 4.31 Å². The number of hydrogen-bond acceptors (Lipinski definition) is 5. The van der Waals surface area contributed by atoms with Crippen molar-refractivity contribution in [2.45, 2.75) is 39.8 Å². The number of aryl methyl sites for hydroxylation is 1. The summed E-state index contributed by atoms with van der Waals surface area (Å²) in [6.07, 6.45) is -0.0985. The second-order valence-corrected chi connectivity index (χ2v) is 7.37. The average Bonchev–Trinajstić information content (AvgIpc) is 2.82. The fraction of sp³-hybridized carbons (Fsp3) is 0.833. The van der Waals surface area contributed by atoms with Gasteiger partial charge in [-0.15, -0.1) is 0 Å². The first-order valence-corrected chi connectivity index (χ1v) is 8.51. The smallest absolute Gasteiger partial charge is 0.280 e. The molecule has 1 fully saturated rings. The van der Waals surface area contributed by atoms with Crippen molar-refractivity contribution < 1.29 is 13.2 Å². The van der Waals surface area contributed by atoms with Gasteiger partial charge in [0, 0.05) is 13.1 Å². The van der Waals surface area contributed by atoms with Crippen LogP contribution in [-0.2, 0) is 14.9 Å². The van der Waals surface area contributed by atoms with Crippen LogP contribution in [0.3, 0.4) is 0 Å². The minimum atomic E-state index is -3.59. The molecule has 0 aromatic carbocycles. The predicted molar refractivity (Wildman–Crippen MR) is 77.7 cm³/mol. The topological polar surface area (TPSA) is 100 Å². The predicted octanol–water partition coefficient (Wildman–Crippen LogP) is 0.365. The van der Waals surface area contributed by atoms with E-state index in [4.69, 9.17) is 4.74 Å². The zero-order chi connectivity index (χ0) is 15.6. The molecule has 1 aromatic heterocycles. The second kappa shape index (κ2) is 6.39. The summed E-state index contributed by atoms with van der Waals surface area (Å²) in [6, 6.07) is -0.460. The molecule has 8 nitrogen and oxygen atoms in total. The van der Waals surface area contributed by atoms with Crippen molar-refractivity contribution in [1.82, 2.24) is 24.2 Å². The van der Waals surface area contributed by atoms with Crippen LogP contribution >= 0.6 is 0 Å². The Morgan fingerprint density at radius 1 is 1.48 bits per heavy atom. The highest BCUT2D eigenvalue weighted by Gasteiger charge is 2.32. The molecule has 2 rings (SSSR count). The molecule has 0 amide bonds. The Balaban J connectivity index is 2.15. The van der Waals surface area contributed by atoms with Gasteiger partial charge in [0.15, 0.2) is 5.82 Å². The Morgan fingerprint density at radius 3 is 2.71 bits per heavy atom. The summed E-state index contributed by atoms with van der Waals surface area (Å²) in [5.74, 6) is 1.16. The van der Waals surface area contributed by atoms with Crippen LogP contribution in [0.2, 0.25) is 0 Å². The van der Waals surface area contributed by atoms with E-state index >= 15 is 0 Å². The normalized spacial score (nSPS) is 22.6. The lowest BCUT2D eigenvalue weighted by molar-refractivity contribution is 0.00958. The van der Waals surface area contributed by atoms with Gasteiger partial charge >= 0.3 is 0 Å². The molecule has 21 heavy (non-hydrogen) atoms. The first kappa shape index (κ1) is 16.3. The highest BCUT2D eigenvalue weighted by Crippen LogP contribution is 2.21. The molecule has 2 heterocycles. The van der Waals surface area contributed by atoms with Crippen molar-refractivity contribution in [3.63, 3.8) is 0 Å². The third kappa shape index (κ3) is 4.00. The molecule has 0 unspecified atom stereocenters. The van der Waals surface area contributed by atoms with E-state index in [9.17, 15) is 8.42 Å². The molecule has 1 saturated heterocycles. The van der Waals surface area contributed by atoms with Gasteiger partial charge in [0.05, 0.1) is 18.8 Å². The summed E-state index contributed by atoms with van der Waals surface area (Å²) >= 11 is 0. The Hall–Kier alpha value is -1.03. The summed E-state index contributed by atoms with van der Waals surface area (Å²) in [7, 11) is -3.59. The van der Waals surface area contributed by atoms with Crippen LogP contribution in [0.5, 0.6) is 0 Å². The molecule has 0 spiro atoms. The standard InChI is InChI=1S/C12H23N5O3S/c1-8(2)11(12-13-10(4)14-15-12)16-21(18,19)17-5-6-20-9(3)7-17/h8-9,11,16H,5-7H2,1-4H3,(H,13,14,15)/t9-,11+/m0/s1. The monoisotopic (exact) mass is 317 g/mol. The Labute approximate surface area is 125 Å². The van der Waals surface area contributed by atoms with E-state index in [-0.39, 0.29) is 12.0 Å². The Bertz CT molecular complexity index is 571. The first-order chi connectivity index (χ1) is 9.79. The largest absolute Gasteiger partial charge is 0.376 e. The van der Waals surface area contributed by atoms with Crippen LogP contribution in [0.1, 0.15) is 38.5 Å². The fourth-order valence-corrected chi connectivity index (χ4v) is 3.79. The van der Waals surface area contributed by atoms with Gasteiger partial charge in [-0.1, -0.05) is 13.8 Å². The lowest BCUT2D eigenvalue weighted by Crippen LogP contribution is -2.50. The summed E-state index contributed by atoms with van der Waals surface area (Å²) in [4.78, 5) is 4.24. The summed E-state index contributed by atoms with van der Waals surface area (Å²) < 4.78 is 34.5. The van der Waals surface area contributed by atoms with E-state index in [0.717, 1.165) is 0 Å². The van der Waals surface area contributed by atoms with Crippen LogP contribution in [0.25, 0.3) is 0 Å². The van der Waals surface area contributed by atoms with E-state index in [0.29, 0.717) is 31.3 Å².